The summed E-state index contributed by atoms with van der Waals surface area (Å²) in [6.45, 7) is 1.44. The van der Waals surface area contributed by atoms with Gasteiger partial charge in [0.15, 0.2) is 5.65 Å². The van der Waals surface area contributed by atoms with E-state index in [1.807, 2.05) is 13.0 Å². The zero-order valence-electron chi connectivity index (χ0n) is 13.3. The molecule has 0 N–H and O–H groups in total. The second-order valence-electron chi connectivity index (χ2n) is 5.21. The van der Waals surface area contributed by atoms with E-state index in [-0.39, 0.29) is 10.6 Å². The molecule has 0 atom stereocenters. The number of fused-ring (bicyclic) bond motifs is 1. The summed E-state index contributed by atoms with van der Waals surface area (Å²) in [5.74, 6) is 0.0304. The molecule has 0 aliphatic rings. The van der Waals surface area contributed by atoms with E-state index in [0.29, 0.717) is 17.9 Å². The molecule has 128 valence electrons. The number of pyridine rings is 1. The fourth-order valence-corrected chi connectivity index (χ4v) is 3.80. The van der Waals surface area contributed by atoms with Gasteiger partial charge in [-0.15, -0.1) is 10.2 Å². The Balaban J connectivity index is 2.14. The van der Waals surface area contributed by atoms with Crippen LogP contribution in [-0.2, 0) is 16.4 Å². The molecule has 2 heterocycles. The zero-order valence-corrected chi connectivity index (χ0v) is 14.1. The molecule has 7 nitrogen and oxygen atoms in total. The van der Waals surface area contributed by atoms with Crippen molar-refractivity contribution < 1.29 is 12.8 Å². The highest BCUT2D eigenvalue weighted by atomic mass is 32.2. The zero-order chi connectivity index (χ0) is 18.0. The minimum Gasteiger partial charge on any atom is -0.285 e. The lowest BCUT2D eigenvalue weighted by molar-refractivity contribution is 0.592. The van der Waals surface area contributed by atoms with Gasteiger partial charge in [0.2, 0.25) is 0 Å². The third kappa shape index (κ3) is 3.04. The maximum absolute atomic E-state index is 13.5. The molecular formula is C16H14FN5O2S. The standard InChI is InChI=1S/C16H14FN5O2S/c1-2-15-19-20-16-7-6-14(11-21(15)16)25(23,24)22(9-8-18)13-5-3-4-12(17)10-13/h3-7,10-11H,2,9H2,1H3. The van der Waals surface area contributed by atoms with Crippen LogP contribution in [0, 0.1) is 17.1 Å². The normalized spacial score (nSPS) is 11.4. The average Bonchev–Trinajstić information content (AvgIpc) is 3.01. The lowest BCUT2D eigenvalue weighted by Gasteiger charge is -2.21. The topological polar surface area (TPSA) is 91.4 Å². The van der Waals surface area contributed by atoms with Gasteiger partial charge in [-0.25, -0.2) is 12.8 Å². The van der Waals surface area contributed by atoms with Crippen LogP contribution in [0.4, 0.5) is 10.1 Å². The Hall–Kier alpha value is -2.99. The number of halogens is 1. The molecule has 2 aromatic heterocycles. The van der Waals surface area contributed by atoms with Crippen molar-refractivity contribution in [2.45, 2.75) is 18.2 Å². The van der Waals surface area contributed by atoms with Crippen LogP contribution in [0.25, 0.3) is 5.65 Å². The van der Waals surface area contributed by atoms with E-state index in [4.69, 9.17) is 5.26 Å². The van der Waals surface area contributed by atoms with Gasteiger partial charge in [-0.1, -0.05) is 13.0 Å². The van der Waals surface area contributed by atoms with Crippen LogP contribution >= 0.6 is 0 Å². The van der Waals surface area contributed by atoms with Crippen LogP contribution in [-0.4, -0.2) is 29.6 Å². The van der Waals surface area contributed by atoms with Crippen molar-refractivity contribution in [2.24, 2.45) is 0 Å². The van der Waals surface area contributed by atoms with Crippen LogP contribution < -0.4 is 4.31 Å². The summed E-state index contributed by atoms with van der Waals surface area (Å²) in [4.78, 5) is -0.0333. The van der Waals surface area contributed by atoms with Crippen molar-refractivity contribution in [2.75, 3.05) is 10.8 Å². The number of nitrogens with zero attached hydrogens (tertiary/aromatic N) is 5. The van der Waals surface area contributed by atoms with Gasteiger partial charge in [0.1, 0.15) is 23.1 Å². The number of anilines is 1. The third-order valence-corrected chi connectivity index (χ3v) is 5.42. The maximum atomic E-state index is 13.5. The summed E-state index contributed by atoms with van der Waals surface area (Å²) in [5.41, 5.74) is 0.606. The second-order valence-corrected chi connectivity index (χ2v) is 7.07. The second kappa shape index (κ2) is 6.49. The Morgan fingerprint density at radius 1 is 1.28 bits per heavy atom. The van der Waals surface area contributed by atoms with E-state index in [0.717, 1.165) is 10.4 Å². The fourth-order valence-electron chi connectivity index (χ4n) is 2.45. The minimum atomic E-state index is -4.06. The molecule has 0 radical (unpaired) electrons. The molecule has 3 aromatic rings. The SMILES string of the molecule is CCc1nnc2ccc(S(=O)(=O)N(CC#N)c3cccc(F)c3)cn12. The number of aromatic nitrogens is 3. The van der Waals surface area contributed by atoms with Gasteiger partial charge in [-0.05, 0) is 30.3 Å². The summed E-state index contributed by atoms with van der Waals surface area (Å²) in [7, 11) is -4.06. The Morgan fingerprint density at radius 3 is 2.76 bits per heavy atom. The maximum Gasteiger partial charge on any atom is 0.266 e. The molecule has 3 rings (SSSR count). The molecule has 9 heteroatoms. The number of hydrogen-bond acceptors (Lipinski definition) is 5. The summed E-state index contributed by atoms with van der Waals surface area (Å²) < 4.78 is 41.9. The fraction of sp³-hybridized carbons (Fsp3) is 0.188. The van der Waals surface area contributed by atoms with E-state index in [2.05, 4.69) is 10.2 Å². The molecule has 0 spiro atoms. The van der Waals surface area contributed by atoms with Gasteiger partial charge in [0, 0.05) is 12.6 Å². The Labute approximate surface area is 144 Å². The van der Waals surface area contributed by atoms with E-state index >= 15 is 0 Å². The van der Waals surface area contributed by atoms with Crippen LogP contribution in [0.3, 0.4) is 0 Å². The largest absolute Gasteiger partial charge is 0.285 e. The number of nitriles is 1. The van der Waals surface area contributed by atoms with Crippen molar-refractivity contribution in [3.05, 3.63) is 54.2 Å². The number of aryl methyl sites for hydroxylation is 1. The molecular weight excluding hydrogens is 345 g/mol. The van der Waals surface area contributed by atoms with Crippen LogP contribution in [0.2, 0.25) is 0 Å². The number of sulfonamides is 1. The Kier molecular flexibility index (Phi) is 4.37. The summed E-state index contributed by atoms with van der Waals surface area (Å²) in [6, 6.07) is 9.85. The monoisotopic (exact) mass is 359 g/mol. The van der Waals surface area contributed by atoms with Crippen LogP contribution in [0.15, 0.2) is 47.5 Å². The van der Waals surface area contributed by atoms with Gasteiger partial charge in [-0.2, -0.15) is 5.26 Å². The summed E-state index contributed by atoms with van der Waals surface area (Å²) in [5, 5.41) is 17.0. The molecule has 0 unspecified atom stereocenters. The van der Waals surface area contributed by atoms with Gasteiger partial charge in [0.25, 0.3) is 10.0 Å². The first-order valence-corrected chi connectivity index (χ1v) is 8.90. The van der Waals surface area contributed by atoms with Crippen molar-refractivity contribution in [1.29, 1.82) is 5.26 Å². The van der Waals surface area contributed by atoms with E-state index < -0.39 is 22.4 Å². The molecule has 0 amide bonds. The molecule has 0 aliphatic carbocycles. The first-order chi connectivity index (χ1) is 12.0. The molecule has 0 bridgehead atoms. The molecule has 0 fully saturated rings. The van der Waals surface area contributed by atoms with Gasteiger partial charge in [-0.3, -0.25) is 8.71 Å². The molecule has 1 aromatic carbocycles. The van der Waals surface area contributed by atoms with Crippen molar-refractivity contribution >= 4 is 21.4 Å². The average molecular weight is 359 g/mol. The number of rotatable bonds is 5. The minimum absolute atomic E-state index is 0.0333. The highest BCUT2D eigenvalue weighted by Gasteiger charge is 2.26. The molecule has 0 saturated carbocycles. The van der Waals surface area contributed by atoms with Crippen molar-refractivity contribution in [3.63, 3.8) is 0 Å². The van der Waals surface area contributed by atoms with E-state index in [1.165, 1.54) is 36.5 Å². The quantitative estimate of drug-likeness (QED) is 0.651. The van der Waals surface area contributed by atoms with Crippen LogP contribution in [0.5, 0.6) is 0 Å². The highest BCUT2D eigenvalue weighted by molar-refractivity contribution is 7.92. The predicted octanol–water partition coefficient (Wildman–Crippen LogP) is 2.15. The number of benzene rings is 1. The lowest BCUT2D eigenvalue weighted by atomic mass is 10.3. The third-order valence-electron chi connectivity index (χ3n) is 3.66. The van der Waals surface area contributed by atoms with E-state index in [9.17, 15) is 12.8 Å². The van der Waals surface area contributed by atoms with Crippen molar-refractivity contribution in [1.82, 2.24) is 14.6 Å². The van der Waals surface area contributed by atoms with Crippen molar-refractivity contribution in [3.8, 4) is 6.07 Å². The van der Waals surface area contributed by atoms with E-state index in [1.54, 1.807) is 4.40 Å². The Morgan fingerprint density at radius 2 is 2.08 bits per heavy atom. The van der Waals surface area contributed by atoms with Gasteiger partial charge < -0.3 is 0 Å². The van der Waals surface area contributed by atoms with Crippen LogP contribution in [0.1, 0.15) is 12.7 Å². The summed E-state index contributed by atoms with van der Waals surface area (Å²) >= 11 is 0. The molecule has 0 aliphatic heterocycles. The first-order valence-electron chi connectivity index (χ1n) is 7.46. The number of hydrogen-bond donors (Lipinski definition) is 0. The first kappa shape index (κ1) is 16.9. The summed E-state index contributed by atoms with van der Waals surface area (Å²) in [6.07, 6.45) is 1.99. The highest BCUT2D eigenvalue weighted by Crippen LogP contribution is 2.24. The Bertz CT molecular complexity index is 1070. The molecule has 0 saturated heterocycles. The van der Waals surface area contributed by atoms with Gasteiger partial charge >= 0.3 is 0 Å². The molecule has 25 heavy (non-hydrogen) atoms. The smallest absolute Gasteiger partial charge is 0.266 e. The lowest BCUT2D eigenvalue weighted by Crippen LogP contribution is -2.31. The predicted molar refractivity (Wildman–Crippen MR) is 88.9 cm³/mol. The van der Waals surface area contributed by atoms with Gasteiger partial charge in [0.05, 0.1) is 11.8 Å².